The van der Waals surface area contributed by atoms with Gasteiger partial charge in [0.15, 0.2) is 0 Å². The Balaban J connectivity index is 2.46. The van der Waals surface area contributed by atoms with Gasteiger partial charge in [0.2, 0.25) is 5.82 Å². The maximum Gasteiger partial charge on any atom is 0.291 e. The van der Waals surface area contributed by atoms with Crippen LogP contribution in [0.1, 0.15) is 37.2 Å². The van der Waals surface area contributed by atoms with Crippen LogP contribution in [0.25, 0.3) is 0 Å². The zero-order chi connectivity index (χ0) is 12.1. The van der Waals surface area contributed by atoms with Crippen molar-refractivity contribution in [2.75, 3.05) is 6.54 Å². The fraction of sp³-hybridized carbons (Fsp3) is 0.700. The maximum atomic E-state index is 11.6. The number of aromatic amines is 1. The Kier molecular flexibility index (Phi) is 4.42. The van der Waals surface area contributed by atoms with Crippen molar-refractivity contribution in [2.24, 2.45) is 11.7 Å². The standard InChI is InChI=1S/C10H19N5O/c1-4-8-13-9(15-14-8)10(16)12-5-7(11)6(2)3/h6-7H,4-5,11H2,1-3H3,(H,12,16)(H,13,14,15). The number of aromatic nitrogens is 3. The van der Waals surface area contributed by atoms with Gasteiger partial charge in [0.05, 0.1) is 0 Å². The lowest BCUT2D eigenvalue weighted by atomic mass is 10.1. The normalized spacial score (nSPS) is 12.8. The van der Waals surface area contributed by atoms with Gasteiger partial charge in [-0.1, -0.05) is 20.8 Å². The second kappa shape index (κ2) is 5.60. The van der Waals surface area contributed by atoms with Crippen LogP contribution < -0.4 is 11.1 Å². The summed E-state index contributed by atoms with van der Waals surface area (Å²) < 4.78 is 0. The molecular weight excluding hydrogens is 206 g/mol. The third kappa shape index (κ3) is 3.30. The average Bonchev–Trinajstić information content (AvgIpc) is 2.73. The van der Waals surface area contributed by atoms with Crippen molar-refractivity contribution in [3.05, 3.63) is 11.6 Å². The van der Waals surface area contributed by atoms with E-state index in [9.17, 15) is 4.79 Å². The van der Waals surface area contributed by atoms with Gasteiger partial charge in [0.25, 0.3) is 5.91 Å². The van der Waals surface area contributed by atoms with Crippen LogP contribution in [0.4, 0.5) is 0 Å². The summed E-state index contributed by atoms with van der Waals surface area (Å²) in [5.74, 6) is 0.928. The zero-order valence-corrected chi connectivity index (χ0v) is 9.95. The number of nitrogens with one attached hydrogen (secondary N) is 2. The SMILES string of the molecule is CCc1nc(C(=O)NCC(N)C(C)C)n[nH]1. The van der Waals surface area contributed by atoms with E-state index in [1.807, 2.05) is 20.8 Å². The number of H-pyrrole nitrogens is 1. The van der Waals surface area contributed by atoms with Gasteiger partial charge >= 0.3 is 0 Å². The molecule has 0 aromatic carbocycles. The Morgan fingerprint density at radius 3 is 2.75 bits per heavy atom. The number of carbonyl (C=O) groups is 1. The molecule has 0 fully saturated rings. The van der Waals surface area contributed by atoms with E-state index in [4.69, 9.17) is 5.73 Å². The van der Waals surface area contributed by atoms with Crippen molar-refractivity contribution in [3.63, 3.8) is 0 Å². The van der Waals surface area contributed by atoms with E-state index in [0.29, 0.717) is 18.3 Å². The van der Waals surface area contributed by atoms with Crippen LogP contribution >= 0.6 is 0 Å². The largest absolute Gasteiger partial charge is 0.348 e. The average molecular weight is 225 g/mol. The molecule has 0 spiro atoms. The monoisotopic (exact) mass is 225 g/mol. The van der Waals surface area contributed by atoms with Gasteiger partial charge in [-0.2, -0.15) is 0 Å². The molecule has 1 atom stereocenters. The summed E-state index contributed by atoms with van der Waals surface area (Å²) in [6.07, 6.45) is 0.728. The summed E-state index contributed by atoms with van der Waals surface area (Å²) in [5.41, 5.74) is 5.81. The van der Waals surface area contributed by atoms with E-state index in [2.05, 4.69) is 20.5 Å². The highest BCUT2D eigenvalue weighted by Crippen LogP contribution is 1.97. The van der Waals surface area contributed by atoms with Crippen LogP contribution in [0.2, 0.25) is 0 Å². The minimum Gasteiger partial charge on any atom is -0.348 e. The summed E-state index contributed by atoms with van der Waals surface area (Å²) in [5, 5.41) is 9.22. The van der Waals surface area contributed by atoms with E-state index in [0.717, 1.165) is 6.42 Å². The third-order valence-corrected chi connectivity index (χ3v) is 2.42. The molecule has 0 bridgehead atoms. The fourth-order valence-electron chi connectivity index (χ4n) is 1.08. The number of rotatable bonds is 5. The second-order valence-corrected chi connectivity index (χ2v) is 4.08. The zero-order valence-electron chi connectivity index (χ0n) is 9.95. The lowest BCUT2D eigenvalue weighted by Crippen LogP contribution is -2.40. The van der Waals surface area contributed by atoms with Gasteiger partial charge in [0.1, 0.15) is 5.82 Å². The first-order chi connectivity index (χ1) is 7.54. The third-order valence-electron chi connectivity index (χ3n) is 2.42. The molecule has 16 heavy (non-hydrogen) atoms. The quantitative estimate of drug-likeness (QED) is 0.661. The van der Waals surface area contributed by atoms with Crippen LogP contribution in [-0.2, 0) is 6.42 Å². The molecule has 6 heteroatoms. The molecule has 0 aliphatic heterocycles. The number of hydrogen-bond acceptors (Lipinski definition) is 4. The lowest BCUT2D eigenvalue weighted by molar-refractivity contribution is 0.0939. The predicted octanol–water partition coefficient (Wildman–Crippen LogP) is 0.0802. The van der Waals surface area contributed by atoms with Crippen molar-refractivity contribution in [1.29, 1.82) is 0 Å². The molecular formula is C10H19N5O. The number of hydrogen-bond donors (Lipinski definition) is 3. The fourth-order valence-corrected chi connectivity index (χ4v) is 1.08. The highest BCUT2D eigenvalue weighted by Gasteiger charge is 2.14. The Bertz CT molecular complexity index is 347. The Hall–Kier alpha value is -1.43. The van der Waals surface area contributed by atoms with Crippen molar-refractivity contribution in [1.82, 2.24) is 20.5 Å². The summed E-state index contributed by atoms with van der Waals surface area (Å²) in [6, 6.07) is -0.0477. The van der Waals surface area contributed by atoms with Crippen molar-refractivity contribution in [2.45, 2.75) is 33.2 Å². The van der Waals surface area contributed by atoms with Gasteiger partial charge in [-0.25, -0.2) is 4.98 Å². The van der Waals surface area contributed by atoms with Crippen molar-refractivity contribution < 1.29 is 4.79 Å². The van der Waals surface area contributed by atoms with Crippen LogP contribution in [0, 0.1) is 5.92 Å². The van der Waals surface area contributed by atoms with Crippen molar-refractivity contribution in [3.8, 4) is 0 Å². The van der Waals surface area contributed by atoms with Crippen LogP contribution in [-0.4, -0.2) is 33.7 Å². The van der Waals surface area contributed by atoms with E-state index >= 15 is 0 Å². The first kappa shape index (κ1) is 12.6. The molecule has 1 unspecified atom stereocenters. The van der Waals surface area contributed by atoms with Crippen LogP contribution in [0.5, 0.6) is 0 Å². The van der Waals surface area contributed by atoms with Crippen LogP contribution in [0.3, 0.4) is 0 Å². The minimum atomic E-state index is -0.285. The Morgan fingerprint density at radius 1 is 1.56 bits per heavy atom. The lowest BCUT2D eigenvalue weighted by Gasteiger charge is -2.15. The summed E-state index contributed by atoms with van der Waals surface area (Å²) in [7, 11) is 0. The maximum absolute atomic E-state index is 11.6. The number of nitrogens with zero attached hydrogens (tertiary/aromatic N) is 2. The number of carbonyl (C=O) groups excluding carboxylic acids is 1. The molecule has 90 valence electrons. The molecule has 0 radical (unpaired) electrons. The Labute approximate surface area is 95.0 Å². The van der Waals surface area contributed by atoms with E-state index in [1.165, 1.54) is 0 Å². The van der Waals surface area contributed by atoms with Gasteiger partial charge < -0.3 is 11.1 Å². The van der Waals surface area contributed by atoms with Crippen molar-refractivity contribution >= 4 is 5.91 Å². The first-order valence-corrected chi connectivity index (χ1v) is 5.49. The highest BCUT2D eigenvalue weighted by atomic mass is 16.2. The summed E-state index contributed by atoms with van der Waals surface area (Å²) >= 11 is 0. The van der Waals surface area contributed by atoms with Gasteiger partial charge in [0, 0.05) is 19.0 Å². The number of nitrogens with two attached hydrogens (primary N) is 1. The molecule has 0 aliphatic rings. The summed E-state index contributed by atoms with van der Waals surface area (Å²) in [6.45, 7) is 6.40. The van der Waals surface area contributed by atoms with Gasteiger partial charge in [-0.15, -0.1) is 5.10 Å². The highest BCUT2D eigenvalue weighted by molar-refractivity contribution is 5.90. The topological polar surface area (TPSA) is 96.7 Å². The molecule has 1 rings (SSSR count). The molecule has 0 aliphatic carbocycles. The van der Waals surface area contributed by atoms with E-state index < -0.39 is 0 Å². The second-order valence-electron chi connectivity index (χ2n) is 4.08. The smallest absolute Gasteiger partial charge is 0.291 e. The molecule has 1 aromatic heterocycles. The molecule has 0 saturated heterocycles. The molecule has 0 saturated carbocycles. The molecule has 1 heterocycles. The first-order valence-electron chi connectivity index (χ1n) is 5.49. The minimum absolute atomic E-state index is 0.0477. The van der Waals surface area contributed by atoms with Gasteiger partial charge in [-0.05, 0) is 5.92 Å². The number of amides is 1. The van der Waals surface area contributed by atoms with E-state index in [1.54, 1.807) is 0 Å². The van der Waals surface area contributed by atoms with E-state index in [-0.39, 0.29) is 17.8 Å². The molecule has 6 nitrogen and oxygen atoms in total. The molecule has 1 aromatic rings. The number of aryl methyl sites for hydroxylation is 1. The van der Waals surface area contributed by atoms with Gasteiger partial charge in [-0.3, -0.25) is 9.89 Å². The molecule has 4 N–H and O–H groups in total. The Morgan fingerprint density at radius 2 is 2.25 bits per heavy atom. The summed E-state index contributed by atoms with van der Waals surface area (Å²) in [4.78, 5) is 15.6. The van der Waals surface area contributed by atoms with Crippen LogP contribution in [0.15, 0.2) is 0 Å². The molecule has 1 amide bonds. The predicted molar refractivity (Wildman–Crippen MR) is 60.9 cm³/mol.